The Kier molecular flexibility index (Phi) is 4.62. The molecule has 4 rings (SSSR count). The molecule has 1 aromatic heterocycles. The lowest BCUT2D eigenvalue weighted by Crippen LogP contribution is -2.09. The Balaban J connectivity index is 1.49. The van der Waals surface area contributed by atoms with Crippen molar-refractivity contribution in [2.24, 2.45) is 0 Å². The quantitative estimate of drug-likeness (QED) is 0.506. The van der Waals surface area contributed by atoms with Gasteiger partial charge in [0.1, 0.15) is 22.8 Å². The van der Waals surface area contributed by atoms with Crippen molar-refractivity contribution >= 4 is 11.0 Å². The molecule has 0 radical (unpaired) electrons. The van der Waals surface area contributed by atoms with Crippen LogP contribution in [0.25, 0.3) is 11.0 Å². The van der Waals surface area contributed by atoms with E-state index in [1.165, 1.54) is 0 Å². The highest BCUT2D eigenvalue weighted by Gasteiger charge is 2.13. The Morgan fingerprint density at radius 3 is 2.22 bits per heavy atom. The van der Waals surface area contributed by atoms with Gasteiger partial charge in [-0.2, -0.15) is 0 Å². The highest BCUT2D eigenvalue weighted by Crippen LogP contribution is 2.27. The molecule has 0 saturated carbocycles. The first kappa shape index (κ1) is 16.9. The first-order chi connectivity index (χ1) is 13.2. The maximum atomic E-state index is 12.2. The summed E-state index contributed by atoms with van der Waals surface area (Å²) in [7, 11) is 0. The van der Waals surface area contributed by atoms with Crippen LogP contribution >= 0.6 is 0 Å². The fraction of sp³-hybridized carbons (Fsp3) is 0.0870. The number of para-hydroxylation sites is 2. The van der Waals surface area contributed by atoms with Crippen LogP contribution in [0.5, 0.6) is 17.2 Å². The third-order valence-corrected chi connectivity index (χ3v) is 4.44. The van der Waals surface area contributed by atoms with Crippen LogP contribution in [0.2, 0.25) is 0 Å². The lowest BCUT2D eigenvalue weighted by atomic mass is 10.0. The Morgan fingerprint density at radius 2 is 1.44 bits per heavy atom. The Labute approximate surface area is 156 Å². The van der Waals surface area contributed by atoms with Crippen LogP contribution in [0.3, 0.4) is 0 Å². The van der Waals surface area contributed by atoms with Gasteiger partial charge >= 0.3 is 5.63 Å². The second-order valence-corrected chi connectivity index (χ2v) is 6.27. The van der Waals surface area contributed by atoms with Crippen molar-refractivity contribution in [3.63, 3.8) is 0 Å². The van der Waals surface area contributed by atoms with Gasteiger partial charge < -0.3 is 14.3 Å². The van der Waals surface area contributed by atoms with Crippen LogP contribution < -0.4 is 10.4 Å². The van der Waals surface area contributed by atoms with Gasteiger partial charge in [0.15, 0.2) is 0 Å². The van der Waals surface area contributed by atoms with Crippen molar-refractivity contribution in [2.75, 3.05) is 0 Å². The van der Waals surface area contributed by atoms with E-state index in [0.717, 1.165) is 17.1 Å². The van der Waals surface area contributed by atoms with Gasteiger partial charge in [-0.15, -0.1) is 0 Å². The summed E-state index contributed by atoms with van der Waals surface area (Å²) in [5, 5.41) is 11.0. The maximum Gasteiger partial charge on any atom is 0.343 e. The van der Waals surface area contributed by atoms with Gasteiger partial charge in [0.25, 0.3) is 0 Å². The largest absolute Gasteiger partial charge is 0.507 e. The number of benzene rings is 3. The number of hydrogen-bond donors (Lipinski definition) is 1. The fourth-order valence-corrected chi connectivity index (χ4v) is 3.01. The minimum absolute atomic E-state index is 0.00545. The van der Waals surface area contributed by atoms with Gasteiger partial charge in [0.05, 0.1) is 10.9 Å². The molecule has 0 aliphatic carbocycles. The van der Waals surface area contributed by atoms with Crippen molar-refractivity contribution in [3.8, 4) is 17.2 Å². The molecule has 0 atom stereocenters. The van der Waals surface area contributed by atoms with Gasteiger partial charge in [-0.25, -0.2) is 4.79 Å². The first-order valence-corrected chi connectivity index (χ1v) is 8.76. The molecule has 3 aromatic carbocycles. The second kappa shape index (κ2) is 7.38. The van der Waals surface area contributed by atoms with E-state index in [1.807, 2.05) is 54.6 Å². The SMILES string of the molecule is O=c1oc2ccccc2c(O)c1CCc1ccc(Oc2ccccc2)cc1. The monoisotopic (exact) mass is 358 g/mol. The zero-order chi connectivity index (χ0) is 18.6. The van der Waals surface area contributed by atoms with Crippen LogP contribution in [0.4, 0.5) is 0 Å². The van der Waals surface area contributed by atoms with Crippen LogP contribution in [0.15, 0.2) is 88.1 Å². The summed E-state index contributed by atoms with van der Waals surface area (Å²) in [6, 6.07) is 24.3. The maximum absolute atomic E-state index is 12.2. The number of hydrogen-bond acceptors (Lipinski definition) is 4. The van der Waals surface area contributed by atoms with Gasteiger partial charge in [0.2, 0.25) is 0 Å². The number of fused-ring (bicyclic) bond motifs is 1. The summed E-state index contributed by atoms with van der Waals surface area (Å²) in [5.41, 5.74) is 1.25. The van der Waals surface area contributed by atoms with Crippen molar-refractivity contribution < 1.29 is 14.3 Å². The molecule has 4 heteroatoms. The molecule has 0 amide bonds. The van der Waals surface area contributed by atoms with E-state index in [9.17, 15) is 9.90 Å². The fourth-order valence-electron chi connectivity index (χ4n) is 3.01. The van der Waals surface area contributed by atoms with Crippen LogP contribution in [0.1, 0.15) is 11.1 Å². The molecular weight excluding hydrogens is 340 g/mol. The van der Waals surface area contributed by atoms with Crippen LogP contribution in [-0.4, -0.2) is 5.11 Å². The van der Waals surface area contributed by atoms with Crippen molar-refractivity contribution in [1.29, 1.82) is 0 Å². The van der Waals surface area contributed by atoms with E-state index < -0.39 is 5.63 Å². The van der Waals surface area contributed by atoms with E-state index in [2.05, 4.69) is 0 Å². The number of ether oxygens (including phenoxy) is 1. The predicted molar refractivity (Wildman–Crippen MR) is 105 cm³/mol. The molecular formula is C23H18O4. The predicted octanol–water partition coefficient (Wildman–Crippen LogP) is 5.08. The average Bonchev–Trinajstić information content (AvgIpc) is 2.70. The van der Waals surface area contributed by atoms with Gasteiger partial charge in [-0.3, -0.25) is 0 Å². The van der Waals surface area contributed by atoms with E-state index in [4.69, 9.17) is 9.15 Å². The van der Waals surface area contributed by atoms with Crippen molar-refractivity contribution in [1.82, 2.24) is 0 Å². The summed E-state index contributed by atoms with van der Waals surface area (Å²) in [6.45, 7) is 0. The Bertz CT molecular complexity index is 1110. The minimum Gasteiger partial charge on any atom is -0.507 e. The molecule has 0 spiro atoms. The average molecular weight is 358 g/mol. The van der Waals surface area contributed by atoms with Crippen molar-refractivity contribution in [2.45, 2.75) is 12.8 Å². The van der Waals surface area contributed by atoms with Gasteiger partial charge in [-0.05, 0) is 54.8 Å². The van der Waals surface area contributed by atoms with Gasteiger partial charge in [-0.1, -0.05) is 42.5 Å². The van der Waals surface area contributed by atoms with Crippen LogP contribution in [-0.2, 0) is 12.8 Å². The van der Waals surface area contributed by atoms with E-state index in [0.29, 0.717) is 29.4 Å². The summed E-state index contributed by atoms with van der Waals surface area (Å²) in [5.74, 6) is 1.54. The standard InChI is InChI=1S/C23H18O4/c24-22-19-8-4-5-9-21(19)27-23(25)20(22)15-12-16-10-13-18(14-11-16)26-17-6-2-1-3-7-17/h1-11,13-14,24H,12,15H2. The number of rotatable bonds is 5. The third-order valence-electron chi connectivity index (χ3n) is 4.44. The molecule has 0 bridgehead atoms. The molecule has 0 aliphatic heterocycles. The van der Waals surface area contributed by atoms with Gasteiger partial charge in [0, 0.05) is 0 Å². The number of aromatic hydroxyl groups is 1. The molecule has 1 N–H and O–H groups in total. The van der Waals surface area contributed by atoms with E-state index >= 15 is 0 Å². The molecule has 0 saturated heterocycles. The molecule has 1 heterocycles. The summed E-state index contributed by atoms with van der Waals surface area (Å²) < 4.78 is 11.1. The highest BCUT2D eigenvalue weighted by molar-refractivity contribution is 5.83. The molecule has 0 unspecified atom stereocenters. The minimum atomic E-state index is -0.491. The first-order valence-electron chi connectivity index (χ1n) is 8.76. The molecule has 4 aromatic rings. The lowest BCUT2D eigenvalue weighted by molar-refractivity contribution is 0.456. The Hall–Kier alpha value is -3.53. The smallest absolute Gasteiger partial charge is 0.343 e. The molecule has 27 heavy (non-hydrogen) atoms. The molecule has 134 valence electrons. The lowest BCUT2D eigenvalue weighted by Gasteiger charge is -2.08. The Morgan fingerprint density at radius 1 is 0.778 bits per heavy atom. The third kappa shape index (κ3) is 3.70. The molecule has 0 fully saturated rings. The van der Waals surface area contributed by atoms with Crippen LogP contribution in [0, 0.1) is 0 Å². The second-order valence-electron chi connectivity index (χ2n) is 6.27. The molecule has 4 nitrogen and oxygen atoms in total. The highest BCUT2D eigenvalue weighted by atomic mass is 16.5. The summed E-state index contributed by atoms with van der Waals surface area (Å²) in [6.07, 6.45) is 1.01. The zero-order valence-electron chi connectivity index (χ0n) is 14.6. The summed E-state index contributed by atoms with van der Waals surface area (Å²) in [4.78, 5) is 12.2. The topological polar surface area (TPSA) is 59.7 Å². The van der Waals surface area contributed by atoms with E-state index in [1.54, 1.807) is 24.3 Å². The zero-order valence-corrected chi connectivity index (χ0v) is 14.6. The normalized spacial score (nSPS) is 10.8. The molecule has 0 aliphatic rings. The van der Waals surface area contributed by atoms with E-state index in [-0.39, 0.29) is 5.75 Å². The summed E-state index contributed by atoms with van der Waals surface area (Å²) >= 11 is 0. The van der Waals surface area contributed by atoms with Crippen molar-refractivity contribution in [3.05, 3.63) is 100 Å². The number of aryl methyl sites for hydroxylation is 1.